The molecule has 1 aromatic carbocycles. The Morgan fingerprint density at radius 1 is 1.57 bits per heavy atom. The van der Waals surface area contributed by atoms with Crippen LogP contribution >= 0.6 is 0 Å². The maximum Gasteiger partial charge on any atom is 0.337 e. The molecule has 0 saturated carbocycles. The number of rotatable bonds is 3. The smallest absolute Gasteiger partial charge is 0.337 e. The number of anilines is 2. The van der Waals surface area contributed by atoms with Gasteiger partial charge in [0.05, 0.1) is 16.9 Å². The van der Waals surface area contributed by atoms with Crippen LogP contribution in [0.5, 0.6) is 0 Å². The fraction of sp³-hybridized carbons (Fsp3) is 0.300. The van der Waals surface area contributed by atoms with Crippen molar-refractivity contribution in [1.29, 1.82) is 0 Å². The molecule has 0 amide bonds. The molecule has 0 aliphatic heterocycles. The summed E-state index contributed by atoms with van der Waals surface area (Å²) in [6, 6.07) is 5.01. The molecule has 0 aliphatic carbocycles. The molecular weight excluding hydrogens is 180 g/mol. The number of benzene rings is 1. The van der Waals surface area contributed by atoms with E-state index in [0.717, 1.165) is 12.2 Å². The highest BCUT2D eigenvalue weighted by Crippen LogP contribution is 2.25. The zero-order chi connectivity index (χ0) is 10.7. The molecular formula is C10H14N2O2. The molecule has 0 bridgehead atoms. The van der Waals surface area contributed by atoms with Gasteiger partial charge in [-0.3, -0.25) is 0 Å². The van der Waals surface area contributed by atoms with E-state index in [9.17, 15) is 4.79 Å². The molecule has 0 heterocycles. The van der Waals surface area contributed by atoms with E-state index in [0.29, 0.717) is 5.69 Å². The molecule has 0 radical (unpaired) electrons. The molecule has 0 aromatic heterocycles. The summed E-state index contributed by atoms with van der Waals surface area (Å²) in [4.78, 5) is 12.7. The normalized spacial score (nSPS) is 9.86. The SMILES string of the molecule is CCN(C)c1cccc(C(=O)O)c1N. The van der Waals surface area contributed by atoms with Gasteiger partial charge >= 0.3 is 5.97 Å². The van der Waals surface area contributed by atoms with Crippen LogP contribution in [0.15, 0.2) is 18.2 Å². The van der Waals surface area contributed by atoms with Crippen molar-refractivity contribution in [2.24, 2.45) is 0 Å². The fourth-order valence-electron chi connectivity index (χ4n) is 1.24. The third kappa shape index (κ3) is 1.79. The van der Waals surface area contributed by atoms with Crippen LogP contribution in [-0.4, -0.2) is 24.7 Å². The van der Waals surface area contributed by atoms with Gasteiger partial charge in [0.15, 0.2) is 0 Å². The van der Waals surface area contributed by atoms with Crippen molar-refractivity contribution in [2.75, 3.05) is 24.2 Å². The van der Waals surface area contributed by atoms with Gasteiger partial charge in [0, 0.05) is 13.6 Å². The van der Waals surface area contributed by atoms with E-state index < -0.39 is 5.97 Å². The molecule has 14 heavy (non-hydrogen) atoms. The van der Waals surface area contributed by atoms with Crippen LogP contribution < -0.4 is 10.6 Å². The van der Waals surface area contributed by atoms with Crippen molar-refractivity contribution in [3.63, 3.8) is 0 Å². The van der Waals surface area contributed by atoms with Gasteiger partial charge in [-0.1, -0.05) is 6.07 Å². The summed E-state index contributed by atoms with van der Waals surface area (Å²) in [5.41, 5.74) is 6.97. The van der Waals surface area contributed by atoms with Crippen LogP contribution in [0.4, 0.5) is 11.4 Å². The second-order valence-electron chi connectivity index (χ2n) is 3.06. The van der Waals surface area contributed by atoms with Crippen molar-refractivity contribution in [1.82, 2.24) is 0 Å². The van der Waals surface area contributed by atoms with Gasteiger partial charge in [0.2, 0.25) is 0 Å². The molecule has 0 unspecified atom stereocenters. The number of para-hydroxylation sites is 1. The van der Waals surface area contributed by atoms with E-state index in [4.69, 9.17) is 10.8 Å². The van der Waals surface area contributed by atoms with Crippen LogP contribution in [-0.2, 0) is 0 Å². The van der Waals surface area contributed by atoms with E-state index in [1.54, 1.807) is 6.07 Å². The average molecular weight is 194 g/mol. The molecule has 0 saturated heterocycles. The van der Waals surface area contributed by atoms with Gasteiger partial charge in [-0.2, -0.15) is 0 Å². The van der Waals surface area contributed by atoms with E-state index in [1.807, 2.05) is 24.9 Å². The van der Waals surface area contributed by atoms with Gasteiger partial charge in [-0.15, -0.1) is 0 Å². The summed E-state index contributed by atoms with van der Waals surface area (Å²) < 4.78 is 0. The van der Waals surface area contributed by atoms with Crippen molar-refractivity contribution >= 4 is 17.3 Å². The first-order valence-corrected chi connectivity index (χ1v) is 4.40. The number of nitrogens with zero attached hydrogens (tertiary/aromatic N) is 1. The Kier molecular flexibility index (Phi) is 2.96. The van der Waals surface area contributed by atoms with Crippen molar-refractivity contribution in [2.45, 2.75) is 6.92 Å². The molecule has 0 spiro atoms. The van der Waals surface area contributed by atoms with Crippen LogP contribution in [0.2, 0.25) is 0 Å². The Balaban J connectivity index is 3.20. The first-order valence-electron chi connectivity index (χ1n) is 4.40. The Morgan fingerprint density at radius 2 is 2.21 bits per heavy atom. The van der Waals surface area contributed by atoms with Crippen LogP contribution in [0, 0.1) is 0 Å². The number of nitrogens with two attached hydrogens (primary N) is 1. The predicted molar refractivity (Wildman–Crippen MR) is 56.8 cm³/mol. The molecule has 3 N–H and O–H groups in total. The molecule has 4 heteroatoms. The Hall–Kier alpha value is -1.71. The summed E-state index contributed by atoms with van der Waals surface area (Å²) in [5, 5.41) is 8.85. The lowest BCUT2D eigenvalue weighted by Crippen LogP contribution is -2.18. The van der Waals surface area contributed by atoms with Gasteiger partial charge in [0.25, 0.3) is 0 Å². The summed E-state index contributed by atoms with van der Waals surface area (Å²) in [6.07, 6.45) is 0. The van der Waals surface area contributed by atoms with Crippen molar-refractivity contribution in [3.8, 4) is 0 Å². The lowest BCUT2D eigenvalue weighted by Gasteiger charge is -2.19. The van der Waals surface area contributed by atoms with E-state index in [1.165, 1.54) is 6.07 Å². The highest BCUT2D eigenvalue weighted by atomic mass is 16.4. The lowest BCUT2D eigenvalue weighted by atomic mass is 10.1. The summed E-state index contributed by atoms with van der Waals surface area (Å²) in [5.74, 6) is -0.992. The van der Waals surface area contributed by atoms with Gasteiger partial charge < -0.3 is 15.7 Å². The molecule has 0 fully saturated rings. The number of carboxylic acid groups (broad SMARTS) is 1. The number of aromatic carboxylic acids is 1. The number of carboxylic acids is 1. The number of nitrogen functional groups attached to an aromatic ring is 1. The van der Waals surface area contributed by atoms with E-state index in [2.05, 4.69) is 0 Å². The quantitative estimate of drug-likeness (QED) is 0.714. The highest BCUT2D eigenvalue weighted by Gasteiger charge is 2.12. The van der Waals surface area contributed by atoms with Gasteiger partial charge in [0.1, 0.15) is 0 Å². The summed E-state index contributed by atoms with van der Waals surface area (Å²) in [7, 11) is 1.87. The summed E-state index contributed by atoms with van der Waals surface area (Å²) >= 11 is 0. The number of hydrogen-bond acceptors (Lipinski definition) is 3. The number of hydrogen-bond donors (Lipinski definition) is 2. The molecule has 0 aliphatic rings. The number of carbonyl (C=O) groups is 1. The van der Waals surface area contributed by atoms with Crippen LogP contribution in [0.25, 0.3) is 0 Å². The van der Waals surface area contributed by atoms with Crippen LogP contribution in [0.3, 0.4) is 0 Å². The Bertz CT molecular complexity index is 350. The predicted octanol–water partition coefficient (Wildman–Crippen LogP) is 1.42. The van der Waals surface area contributed by atoms with Crippen LogP contribution in [0.1, 0.15) is 17.3 Å². The average Bonchev–Trinajstić information content (AvgIpc) is 2.16. The second kappa shape index (κ2) is 4.00. The standard InChI is InChI=1S/C10H14N2O2/c1-3-12(2)8-6-4-5-7(9(8)11)10(13)14/h4-6H,3,11H2,1-2H3,(H,13,14). The maximum absolute atomic E-state index is 10.8. The highest BCUT2D eigenvalue weighted by molar-refractivity contribution is 5.97. The first kappa shape index (κ1) is 10.4. The zero-order valence-corrected chi connectivity index (χ0v) is 8.32. The zero-order valence-electron chi connectivity index (χ0n) is 8.32. The first-order chi connectivity index (χ1) is 6.57. The minimum absolute atomic E-state index is 0.155. The molecule has 4 nitrogen and oxygen atoms in total. The maximum atomic E-state index is 10.8. The fourth-order valence-corrected chi connectivity index (χ4v) is 1.24. The van der Waals surface area contributed by atoms with Crippen molar-refractivity contribution < 1.29 is 9.90 Å². The van der Waals surface area contributed by atoms with Gasteiger partial charge in [-0.05, 0) is 19.1 Å². The third-order valence-electron chi connectivity index (χ3n) is 2.20. The molecule has 76 valence electrons. The largest absolute Gasteiger partial charge is 0.478 e. The third-order valence-corrected chi connectivity index (χ3v) is 2.20. The Morgan fingerprint density at radius 3 is 2.71 bits per heavy atom. The van der Waals surface area contributed by atoms with Gasteiger partial charge in [-0.25, -0.2) is 4.79 Å². The Labute approximate surface area is 82.9 Å². The second-order valence-corrected chi connectivity index (χ2v) is 3.06. The van der Waals surface area contributed by atoms with E-state index in [-0.39, 0.29) is 5.56 Å². The lowest BCUT2D eigenvalue weighted by molar-refractivity contribution is 0.0698. The summed E-state index contributed by atoms with van der Waals surface area (Å²) in [6.45, 7) is 2.76. The molecule has 0 atom stereocenters. The minimum Gasteiger partial charge on any atom is -0.478 e. The minimum atomic E-state index is -0.992. The molecule has 1 rings (SSSR count). The van der Waals surface area contributed by atoms with E-state index >= 15 is 0 Å². The monoisotopic (exact) mass is 194 g/mol. The van der Waals surface area contributed by atoms with Crippen molar-refractivity contribution in [3.05, 3.63) is 23.8 Å². The topological polar surface area (TPSA) is 66.6 Å². The molecule has 1 aromatic rings.